The van der Waals surface area contributed by atoms with E-state index in [4.69, 9.17) is 4.74 Å². The summed E-state index contributed by atoms with van der Waals surface area (Å²) in [6.07, 6.45) is 1.80. The summed E-state index contributed by atoms with van der Waals surface area (Å²) in [5.74, 6) is 1.32. The number of nitrogens with zero attached hydrogens (tertiary/aromatic N) is 1. The molecule has 0 bridgehead atoms. The van der Waals surface area contributed by atoms with Gasteiger partial charge in [-0.1, -0.05) is 13.8 Å². The number of carbonyl (C=O) groups excluding carboxylic acids is 1. The molecule has 0 aliphatic carbocycles. The van der Waals surface area contributed by atoms with Crippen molar-refractivity contribution in [2.24, 2.45) is 5.92 Å². The van der Waals surface area contributed by atoms with Gasteiger partial charge in [-0.2, -0.15) is 0 Å². The van der Waals surface area contributed by atoms with Crippen molar-refractivity contribution in [2.45, 2.75) is 47.2 Å². The van der Waals surface area contributed by atoms with Gasteiger partial charge in [0.15, 0.2) is 0 Å². The molecule has 5 heteroatoms. The highest BCUT2D eigenvalue weighted by molar-refractivity contribution is 5.81. The Bertz CT molecular complexity index is 487. The van der Waals surface area contributed by atoms with Crippen molar-refractivity contribution in [1.29, 1.82) is 0 Å². The first-order valence-corrected chi connectivity index (χ1v) is 7.37. The lowest BCUT2D eigenvalue weighted by Gasteiger charge is -2.17. The minimum Gasteiger partial charge on any atom is -0.496 e. The van der Waals surface area contributed by atoms with Crippen LogP contribution in [0.25, 0.3) is 0 Å². The van der Waals surface area contributed by atoms with Gasteiger partial charge in [-0.05, 0) is 26.7 Å². The molecule has 1 aromatic rings. The summed E-state index contributed by atoms with van der Waals surface area (Å²) in [5.41, 5.74) is 2.93. The smallest absolute Gasteiger partial charge is 0.236 e. The van der Waals surface area contributed by atoms with Crippen LogP contribution in [0, 0.1) is 19.8 Å². The topological polar surface area (TPSA) is 63.2 Å². The molecule has 1 amide bonds. The number of methoxy groups -OCH3 is 1. The second kappa shape index (κ2) is 7.98. The van der Waals surface area contributed by atoms with E-state index in [9.17, 15) is 4.79 Å². The van der Waals surface area contributed by atoms with Gasteiger partial charge >= 0.3 is 0 Å². The fourth-order valence-electron chi connectivity index (χ4n) is 2.05. The lowest BCUT2D eigenvalue weighted by atomic mass is 10.1. The zero-order valence-corrected chi connectivity index (χ0v) is 13.9. The quantitative estimate of drug-likeness (QED) is 0.806. The van der Waals surface area contributed by atoms with Gasteiger partial charge in [0, 0.05) is 30.4 Å². The summed E-state index contributed by atoms with van der Waals surface area (Å²) < 4.78 is 5.39. The third-order valence-electron chi connectivity index (χ3n) is 3.40. The monoisotopic (exact) mass is 293 g/mol. The van der Waals surface area contributed by atoms with Crippen LogP contribution in [-0.4, -0.2) is 30.6 Å². The molecule has 118 valence electrons. The molecule has 1 unspecified atom stereocenters. The van der Waals surface area contributed by atoms with Crippen LogP contribution in [0.1, 0.15) is 37.6 Å². The molecule has 0 radical (unpaired) electrons. The van der Waals surface area contributed by atoms with Crippen molar-refractivity contribution in [3.05, 3.63) is 23.0 Å². The van der Waals surface area contributed by atoms with Gasteiger partial charge in [-0.25, -0.2) is 0 Å². The molecule has 0 spiro atoms. The van der Waals surface area contributed by atoms with Gasteiger partial charge in [0.1, 0.15) is 5.75 Å². The first kappa shape index (κ1) is 17.4. The summed E-state index contributed by atoms with van der Waals surface area (Å²) in [5, 5.41) is 6.12. The maximum absolute atomic E-state index is 11.9. The van der Waals surface area contributed by atoms with Gasteiger partial charge in [0.2, 0.25) is 5.91 Å². The molecule has 1 heterocycles. The minimum absolute atomic E-state index is 0.0143. The fourth-order valence-corrected chi connectivity index (χ4v) is 2.05. The Labute approximate surface area is 127 Å². The van der Waals surface area contributed by atoms with Crippen LogP contribution in [0.5, 0.6) is 5.75 Å². The second-order valence-corrected chi connectivity index (χ2v) is 5.79. The molecule has 1 atom stereocenters. The van der Waals surface area contributed by atoms with Crippen LogP contribution in [0.3, 0.4) is 0 Å². The average Bonchev–Trinajstić information content (AvgIpc) is 2.44. The van der Waals surface area contributed by atoms with Crippen molar-refractivity contribution in [2.75, 3.05) is 13.7 Å². The molecule has 0 fully saturated rings. The van der Waals surface area contributed by atoms with Gasteiger partial charge in [0.05, 0.1) is 18.8 Å². The summed E-state index contributed by atoms with van der Waals surface area (Å²) in [7, 11) is 1.66. The summed E-state index contributed by atoms with van der Waals surface area (Å²) in [6, 6.07) is -0.253. The highest BCUT2D eigenvalue weighted by Crippen LogP contribution is 2.23. The first-order valence-electron chi connectivity index (χ1n) is 7.37. The number of amides is 1. The third kappa shape index (κ3) is 5.01. The van der Waals surface area contributed by atoms with Gasteiger partial charge in [-0.3, -0.25) is 9.78 Å². The van der Waals surface area contributed by atoms with E-state index in [1.807, 2.05) is 20.8 Å². The predicted molar refractivity (Wildman–Crippen MR) is 84.4 cm³/mol. The fraction of sp³-hybridized carbons (Fsp3) is 0.625. The lowest BCUT2D eigenvalue weighted by Crippen LogP contribution is -2.43. The minimum atomic E-state index is -0.253. The molecular weight excluding hydrogens is 266 g/mol. The zero-order valence-electron chi connectivity index (χ0n) is 13.9. The van der Waals surface area contributed by atoms with Gasteiger partial charge in [-0.15, -0.1) is 0 Å². The summed E-state index contributed by atoms with van der Waals surface area (Å²) >= 11 is 0. The number of aromatic nitrogens is 1. The Morgan fingerprint density at radius 2 is 2.00 bits per heavy atom. The Balaban J connectivity index is 2.61. The standard InChI is InChI=1S/C16H27N3O2/c1-10(2)7-19-16(20)13(5)17-9-14-12(4)15(21-6)11(3)8-18-14/h8,10,13,17H,7,9H2,1-6H3,(H,19,20). The molecule has 0 saturated heterocycles. The van der Waals surface area contributed by atoms with Gasteiger partial charge in [0.25, 0.3) is 0 Å². The molecule has 5 nitrogen and oxygen atoms in total. The van der Waals surface area contributed by atoms with Crippen LogP contribution in [0.2, 0.25) is 0 Å². The van der Waals surface area contributed by atoms with Crippen molar-refractivity contribution in [3.63, 3.8) is 0 Å². The zero-order chi connectivity index (χ0) is 16.0. The Kier molecular flexibility index (Phi) is 6.62. The Hall–Kier alpha value is -1.62. The van der Waals surface area contributed by atoms with E-state index in [1.54, 1.807) is 13.3 Å². The third-order valence-corrected chi connectivity index (χ3v) is 3.40. The van der Waals surface area contributed by atoms with Crippen LogP contribution in [0.15, 0.2) is 6.20 Å². The van der Waals surface area contributed by atoms with E-state index in [0.717, 1.165) is 22.6 Å². The highest BCUT2D eigenvalue weighted by atomic mass is 16.5. The van der Waals surface area contributed by atoms with E-state index in [0.29, 0.717) is 19.0 Å². The molecule has 2 N–H and O–H groups in total. The van der Waals surface area contributed by atoms with Crippen molar-refractivity contribution < 1.29 is 9.53 Å². The van der Waals surface area contributed by atoms with Crippen molar-refractivity contribution >= 4 is 5.91 Å². The molecule has 21 heavy (non-hydrogen) atoms. The predicted octanol–water partition coefficient (Wildman–Crippen LogP) is 1.96. The number of ether oxygens (including phenoxy) is 1. The maximum atomic E-state index is 11.9. The molecular formula is C16H27N3O2. The SMILES string of the molecule is COc1c(C)cnc(CNC(C)C(=O)NCC(C)C)c1C. The normalized spacial score (nSPS) is 12.3. The Morgan fingerprint density at radius 1 is 1.33 bits per heavy atom. The molecule has 0 aliphatic rings. The number of pyridine rings is 1. The number of rotatable bonds is 7. The van der Waals surface area contributed by atoms with Gasteiger partial charge < -0.3 is 15.4 Å². The highest BCUT2D eigenvalue weighted by Gasteiger charge is 2.14. The Morgan fingerprint density at radius 3 is 2.57 bits per heavy atom. The van der Waals surface area contributed by atoms with Crippen LogP contribution in [-0.2, 0) is 11.3 Å². The first-order chi connectivity index (χ1) is 9.86. The number of nitrogens with one attached hydrogen (secondary N) is 2. The van der Waals surface area contributed by atoms with Crippen molar-refractivity contribution in [3.8, 4) is 5.75 Å². The van der Waals surface area contributed by atoms with Crippen LogP contribution in [0.4, 0.5) is 0 Å². The molecule has 1 aromatic heterocycles. The van der Waals surface area contributed by atoms with Crippen LogP contribution >= 0.6 is 0 Å². The molecule has 1 rings (SSSR count). The molecule has 0 saturated carbocycles. The summed E-state index contributed by atoms with van der Waals surface area (Å²) in [6.45, 7) is 11.2. The van der Waals surface area contributed by atoms with E-state index in [-0.39, 0.29) is 11.9 Å². The van der Waals surface area contributed by atoms with Crippen LogP contribution < -0.4 is 15.4 Å². The maximum Gasteiger partial charge on any atom is 0.236 e. The van der Waals surface area contributed by atoms with E-state index in [1.165, 1.54) is 0 Å². The molecule has 0 aliphatic heterocycles. The number of aryl methyl sites for hydroxylation is 1. The largest absolute Gasteiger partial charge is 0.496 e. The average molecular weight is 293 g/mol. The number of hydrogen-bond donors (Lipinski definition) is 2. The van der Waals surface area contributed by atoms with E-state index in [2.05, 4.69) is 29.5 Å². The van der Waals surface area contributed by atoms with E-state index >= 15 is 0 Å². The number of hydrogen-bond acceptors (Lipinski definition) is 4. The van der Waals surface area contributed by atoms with Crippen molar-refractivity contribution in [1.82, 2.24) is 15.6 Å². The van der Waals surface area contributed by atoms with E-state index < -0.39 is 0 Å². The molecule has 0 aromatic carbocycles. The second-order valence-electron chi connectivity index (χ2n) is 5.79. The lowest BCUT2D eigenvalue weighted by molar-refractivity contribution is -0.122. The number of carbonyl (C=O) groups is 1. The summed E-state index contributed by atoms with van der Waals surface area (Å²) in [4.78, 5) is 16.3.